The largest absolute Gasteiger partial charge is 0.351 e. The maximum Gasteiger partial charge on any atom is 0.221 e. The summed E-state index contributed by atoms with van der Waals surface area (Å²) in [7, 11) is 0. The Labute approximate surface area is 188 Å². The van der Waals surface area contributed by atoms with Crippen LogP contribution in [-0.2, 0) is 11.3 Å². The van der Waals surface area contributed by atoms with Crippen LogP contribution in [0.2, 0.25) is 0 Å². The predicted octanol–water partition coefficient (Wildman–Crippen LogP) is 4.66. The fraction of sp³-hybridized carbons (Fsp3) is 0.292. The average Bonchev–Trinajstić information content (AvgIpc) is 3.24. The highest BCUT2D eigenvalue weighted by atomic mass is 32.1. The molecule has 1 fully saturated rings. The number of hydrogen-bond donors (Lipinski definition) is 2. The lowest BCUT2D eigenvalue weighted by atomic mass is 9.96. The molecule has 2 aromatic heterocycles. The van der Waals surface area contributed by atoms with E-state index < -0.39 is 0 Å². The summed E-state index contributed by atoms with van der Waals surface area (Å²) in [6.45, 7) is 8.90. The van der Waals surface area contributed by atoms with Gasteiger partial charge in [0.2, 0.25) is 5.91 Å². The molecule has 3 aromatic rings. The van der Waals surface area contributed by atoms with Gasteiger partial charge in [0.25, 0.3) is 0 Å². The highest BCUT2D eigenvalue weighted by molar-refractivity contribution is 7.80. The topological polar surface area (TPSA) is 62.2 Å². The van der Waals surface area contributed by atoms with Gasteiger partial charge in [0.15, 0.2) is 5.11 Å². The normalized spacial score (nSPS) is 18.2. The number of anilines is 2. The molecule has 0 spiro atoms. The lowest BCUT2D eigenvalue weighted by molar-refractivity contribution is -0.114. The fourth-order valence-electron chi connectivity index (χ4n) is 4.47. The summed E-state index contributed by atoms with van der Waals surface area (Å²) in [5.41, 5.74) is 6.38. The number of nitrogens with one attached hydrogen (secondary N) is 2. The van der Waals surface area contributed by atoms with Gasteiger partial charge in [-0.2, -0.15) is 0 Å². The monoisotopic (exact) mass is 433 g/mol. The highest BCUT2D eigenvalue weighted by Gasteiger charge is 2.42. The van der Waals surface area contributed by atoms with Crippen LogP contribution in [0.1, 0.15) is 48.6 Å². The van der Waals surface area contributed by atoms with E-state index in [1.54, 1.807) is 0 Å². The smallest absolute Gasteiger partial charge is 0.221 e. The van der Waals surface area contributed by atoms with Crippen LogP contribution < -0.4 is 15.5 Å². The molecule has 1 aliphatic heterocycles. The van der Waals surface area contributed by atoms with E-state index in [4.69, 9.17) is 12.2 Å². The number of thiocarbonyl (C=S) groups is 1. The van der Waals surface area contributed by atoms with E-state index in [0.717, 1.165) is 23.6 Å². The van der Waals surface area contributed by atoms with Crippen LogP contribution in [-0.4, -0.2) is 20.6 Å². The van der Waals surface area contributed by atoms with Crippen molar-refractivity contribution in [3.8, 4) is 0 Å². The number of carbonyl (C=O) groups is 1. The van der Waals surface area contributed by atoms with Crippen LogP contribution in [0.25, 0.3) is 0 Å². The maximum absolute atomic E-state index is 11.4. The molecule has 4 rings (SSSR count). The van der Waals surface area contributed by atoms with Crippen LogP contribution >= 0.6 is 12.2 Å². The van der Waals surface area contributed by atoms with Crippen molar-refractivity contribution in [2.24, 2.45) is 0 Å². The van der Waals surface area contributed by atoms with Gasteiger partial charge in [-0.1, -0.05) is 6.07 Å². The van der Waals surface area contributed by atoms with Crippen molar-refractivity contribution in [2.75, 3.05) is 10.2 Å². The Morgan fingerprint density at radius 2 is 1.94 bits per heavy atom. The number of aryl methyl sites for hydroxylation is 1. The van der Waals surface area contributed by atoms with Crippen molar-refractivity contribution in [1.82, 2.24) is 14.9 Å². The van der Waals surface area contributed by atoms with Crippen molar-refractivity contribution in [2.45, 2.75) is 46.3 Å². The van der Waals surface area contributed by atoms with Gasteiger partial charge in [-0.25, -0.2) is 0 Å². The molecule has 0 radical (unpaired) electrons. The summed E-state index contributed by atoms with van der Waals surface area (Å²) in [6.07, 6.45) is 1.82. The molecule has 7 heteroatoms. The second-order valence-electron chi connectivity index (χ2n) is 7.80. The first kappa shape index (κ1) is 21.1. The molecule has 6 nitrogen and oxygen atoms in total. The van der Waals surface area contributed by atoms with Crippen molar-refractivity contribution < 1.29 is 4.79 Å². The van der Waals surface area contributed by atoms with Crippen LogP contribution in [0.4, 0.5) is 11.4 Å². The van der Waals surface area contributed by atoms with Gasteiger partial charge < -0.3 is 20.1 Å². The van der Waals surface area contributed by atoms with Gasteiger partial charge >= 0.3 is 0 Å². The third kappa shape index (κ3) is 3.93. The molecular formula is C24H27N5OS. The molecule has 0 saturated carbocycles. The first-order chi connectivity index (χ1) is 14.9. The third-order valence-corrected chi connectivity index (χ3v) is 6.13. The van der Waals surface area contributed by atoms with Crippen molar-refractivity contribution >= 4 is 34.6 Å². The highest BCUT2D eigenvalue weighted by Crippen LogP contribution is 2.43. The molecule has 31 heavy (non-hydrogen) atoms. The molecule has 3 heterocycles. The summed E-state index contributed by atoms with van der Waals surface area (Å²) >= 11 is 5.80. The van der Waals surface area contributed by atoms with Gasteiger partial charge in [0, 0.05) is 42.4 Å². The first-order valence-electron chi connectivity index (χ1n) is 10.5. The molecule has 0 bridgehead atoms. The van der Waals surface area contributed by atoms with Crippen LogP contribution in [0.3, 0.4) is 0 Å². The molecule has 1 aliphatic rings. The molecule has 1 saturated heterocycles. The van der Waals surface area contributed by atoms with E-state index in [2.05, 4.69) is 51.9 Å². The zero-order valence-electron chi connectivity index (χ0n) is 18.2. The predicted molar refractivity (Wildman–Crippen MR) is 128 cm³/mol. The minimum absolute atomic E-state index is 0.0412. The lowest BCUT2D eigenvalue weighted by Crippen LogP contribution is -2.29. The molecular weight excluding hydrogens is 406 g/mol. The number of aromatic nitrogens is 2. The van der Waals surface area contributed by atoms with Gasteiger partial charge in [-0.3, -0.25) is 9.78 Å². The zero-order chi connectivity index (χ0) is 22.1. The number of hydrogen-bond acceptors (Lipinski definition) is 3. The Balaban J connectivity index is 1.81. The van der Waals surface area contributed by atoms with Gasteiger partial charge in [-0.15, -0.1) is 0 Å². The first-order valence-corrected chi connectivity index (χ1v) is 10.9. The number of pyridine rings is 1. The maximum atomic E-state index is 11.4. The minimum atomic E-state index is -0.0915. The quantitative estimate of drug-likeness (QED) is 0.573. The fourth-order valence-corrected chi connectivity index (χ4v) is 4.82. The summed E-state index contributed by atoms with van der Waals surface area (Å²) in [5.74, 6) is -0.0915. The summed E-state index contributed by atoms with van der Waals surface area (Å²) in [6, 6.07) is 15.9. The van der Waals surface area contributed by atoms with E-state index in [0.29, 0.717) is 5.11 Å². The Morgan fingerprint density at radius 3 is 2.52 bits per heavy atom. The van der Waals surface area contributed by atoms with Gasteiger partial charge in [-0.05, 0) is 81.0 Å². The molecule has 1 amide bonds. The van der Waals surface area contributed by atoms with Crippen LogP contribution in [0.15, 0.2) is 54.7 Å². The van der Waals surface area contributed by atoms with E-state index >= 15 is 0 Å². The standard InChI is InChI=1S/C24H27N5OS/c1-5-28-15(2)14-20(16(28)3)23-22(21-8-6-7-13-25-21)27-24(31)29(23)19-11-9-18(10-12-19)26-17(4)30/h6-14,22-23H,5H2,1-4H3,(H,26,30)(H,27,31). The van der Waals surface area contributed by atoms with Crippen molar-refractivity contribution in [3.05, 3.63) is 77.4 Å². The van der Waals surface area contributed by atoms with E-state index in [9.17, 15) is 4.79 Å². The van der Waals surface area contributed by atoms with Crippen LogP contribution in [0, 0.1) is 13.8 Å². The SMILES string of the molecule is CCn1c(C)cc(C2C(c3ccccn3)NC(=S)N2c2ccc(NC(C)=O)cc2)c1C. The second-order valence-corrected chi connectivity index (χ2v) is 8.18. The molecule has 160 valence electrons. The van der Waals surface area contributed by atoms with Crippen molar-refractivity contribution in [1.29, 1.82) is 0 Å². The van der Waals surface area contributed by atoms with E-state index in [-0.39, 0.29) is 18.0 Å². The van der Waals surface area contributed by atoms with Gasteiger partial charge in [0.1, 0.15) is 0 Å². The molecule has 2 unspecified atom stereocenters. The van der Waals surface area contributed by atoms with Crippen LogP contribution in [0.5, 0.6) is 0 Å². The molecule has 2 atom stereocenters. The van der Waals surface area contributed by atoms with Crippen molar-refractivity contribution in [3.63, 3.8) is 0 Å². The Kier molecular flexibility index (Phi) is 5.78. The summed E-state index contributed by atoms with van der Waals surface area (Å²) in [5, 5.41) is 6.98. The number of rotatable bonds is 5. The van der Waals surface area contributed by atoms with Gasteiger partial charge in [0.05, 0.1) is 17.8 Å². The molecule has 1 aromatic carbocycles. The number of carbonyl (C=O) groups excluding carboxylic acids is 1. The Hall–Kier alpha value is -3.19. The average molecular weight is 434 g/mol. The van der Waals surface area contributed by atoms with E-state index in [1.807, 2.05) is 48.7 Å². The number of nitrogens with zero attached hydrogens (tertiary/aromatic N) is 3. The molecule has 0 aliphatic carbocycles. The minimum Gasteiger partial charge on any atom is -0.351 e. The Bertz CT molecular complexity index is 1110. The Morgan fingerprint density at radius 1 is 1.19 bits per heavy atom. The van der Waals surface area contributed by atoms with E-state index in [1.165, 1.54) is 23.9 Å². The number of benzene rings is 1. The third-order valence-electron chi connectivity index (χ3n) is 5.81. The zero-order valence-corrected chi connectivity index (χ0v) is 19.0. The molecule has 2 N–H and O–H groups in total. The summed E-state index contributed by atoms with van der Waals surface area (Å²) < 4.78 is 2.32. The number of amides is 1. The lowest BCUT2D eigenvalue weighted by Gasteiger charge is -2.28. The second kappa shape index (κ2) is 8.51. The summed E-state index contributed by atoms with van der Waals surface area (Å²) in [4.78, 5) is 18.2.